The summed E-state index contributed by atoms with van der Waals surface area (Å²) in [6.45, 7) is 8.92. The third-order valence-corrected chi connectivity index (χ3v) is 13.6. The molecule has 2 unspecified atom stereocenters. The first-order valence-electron chi connectivity index (χ1n) is 12.4. The van der Waals surface area contributed by atoms with E-state index < -0.39 is 51.8 Å². The van der Waals surface area contributed by atoms with Crippen molar-refractivity contribution < 1.29 is 53.1 Å². The molecule has 0 aliphatic carbocycles. The standard InChI is InChI=1S/C24H36F9O3PSi/c1-7-13-38(14-8-2,15-9-3)16-19(21(25,26)22(27,28)23(29,30)24(31,32)33)35-37(6,34)36-20-17(4)11-10-12-18(20)5/h10-12,19H,7-9,13-16H2,1-6H3. The highest BCUT2D eigenvalue weighted by molar-refractivity contribution is 7.53. The van der Waals surface area contributed by atoms with Crippen molar-refractivity contribution >= 4 is 15.7 Å². The van der Waals surface area contributed by atoms with E-state index in [-0.39, 0.29) is 5.75 Å². The van der Waals surface area contributed by atoms with E-state index in [1.54, 1.807) is 26.8 Å². The Kier molecular flexibility index (Phi) is 11.5. The first kappa shape index (κ1) is 34.8. The number of hydrogen-bond donors (Lipinski definition) is 0. The predicted octanol–water partition coefficient (Wildman–Crippen LogP) is 10.0. The normalized spacial score (nSPS) is 16.3. The van der Waals surface area contributed by atoms with Gasteiger partial charge < -0.3 is 4.52 Å². The van der Waals surface area contributed by atoms with Gasteiger partial charge >= 0.3 is 31.5 Å². The van der Waals surface area contributed by atoms with E-state index in [0.29, 0.717) is 55.2 Å². The molecule has 0 bridgehead atoms. The van der Waals surface area contributed by atoms with Gasteiger partial charge in [-0.1, -0.05) is 76.4 Å². The van der Waals surface area contributed by atoms with Crippen LogP contribution in [0.2, 0.25) is 24.2 Å². The van der Waals surface area contributed by atoms with Crippen LogP contribution in [0.3, 0.4) is 0 Å². The van der Waals surface area contributed by atoms with Crippen molar-refractivity contribution in [3.63, 3.8) is 0 Å². The molecule has 2 atom stereocenters. The van der Waals surface area contributed by atoms with Gasteiger partial charge in [-0.3, -0.25) is 4.52 Å². The lowest BCUT2D eigenvalue weighted by molar-refractivity contribution is -0.403. The molecule has 0 N–H and O–H groups in total. The van der Waals surface area contributed by atoms with Crippen LogP contribution in [0.5, 0.6) is 5.75 Å². The van der Waals surface area contributed by atoms with Gasteiger partial charge in [-0.25, -0.2) is 4.57 Å². The van der Waals surface area contributed by atoms with E-state index in [0.717, 1.165) is 0 Å². The largest absolute Gasteiger partial charge is 0.460 e. The van der Waals surface area contributed by atoms with Gasteiger partial charge in [-0.15, -0.1) is 0 Å². The summed E-state index contributed by atoms with van der Waals surface area (Å²) in [5, 5.41) is 0. The Bertz CT molecular complexity index is 933. The molecule has 0 spiro atoms. The number of alkyl halides is 9. The summed E-state index contributed by atoms with van der Waals surface area (Å²) in [7, 11) is -7.75. The molecule has 1 aromatic rings. The van der Waals surface area contributed by atoms with Crippen molar-refractivity contribution in [2.24, 2.45) is 0 Å². The Morgan fingerprint density at radius 2 is 1.24 bits per heavy atom. The van der Waals surface area contributed by atoms with Gasteiger partial charge in [0.1, 0.15) is 11.9 Å². The number of benzene rings is 1. The maximum absolute atomic E-state index is 15.4. The van der Waals surface area contributed by atoms with E-state index in [4.69, 9.17) is 9.05 Å². The fourth-order valence-electron chi connectivity index (χ4n) is 4.85. The molecule has 1 aromatic carbocycles. The van der Waals surface area contributed by atoms with Gasteiger partial charge in [0, 0.05) is 6.66 Å². The van der Waals surface area contributed by atoms with Gasteiger partial charge in [0.2, 0.25) is 0 Å². The maximum Gasteiger partial charge on any atom is 0.460 e. The molecule has 0 fully saturated rings. The molecule has 0 aromatic heterocycles. The highest BCUT2D eigenvalue weighted by atomic mass is 31.2. The second-order valence-corrected chi connectivity index (χ2v) is 16.7. The monoisotopic (exact) mass is 602 g/mol. The molecule has 0 heterocycles. The number of halogens is 9. The Hall–Kier alpha value is -1.20. The van der Waals surface area contributed by atoms with E-state index in [1.807, 2.05) is 0 Å². The van der Waals surface area contributed by atoms with Crippen molar-refractivity contribution in [3.8, 4) is 5.75 Å². The van der Waals surface area contributed by atoms with Crippen LogP contribution in [0.15, 0.2) is 18.2 Å². The molecule has 38 heavy (non-hydrogen) atoms. The van der Waals surface area contributed by atoms with Gasteiger partial charge in [-0.05, 0) is 31.0 Å². The second-order valence-electron chi connectivity index (χ2n) is 9.90. The molecular formula is C24H36F9O3PSi. The Morgan fingerprint density at radius 3 is 1.61 bits per heavy atom. The number of para-hydroxylation sites is 1. The summed E-state index contributed by atoms with van der Waals surface area (Å²) in [6.07, 6.45) is -8.85. The van der Waals surface area contributed by atoms with Crippen molar-refractivity contribution in [3.05, 3.63) is 29.3 Å². The number of rotatable bonds is 15. The molecule has 0 saturated heterocycles. The van der Waals surface area contributed by atoms with Crippen LogP contribution in [0, 0.1) is 13.8 Å². The summed E-state index contributed by atoms with van der Waals surface area (Å²) in [6, 6.07) is 4.71. The minimum absolute atomic E-state index is 0.0630. The van der Waals surface area contributed by atoms with E-state index in [1.165, 1.54) is 26.0 Å². The second kappa shape index (κ2) is 12.5. The van der Waals surface area contributed by atoms with Crippen molar-refractivity contribution in [2.75, 3.05) is 6.66 Å². The predicted molar refractivity (Wildman–Crippen MR) is 132 cm³/mol. The third kappa shape index (κ3) is 7.50. The average molecular weight is 603 g/mol. The number of hydrogen-bond acceptors (Lipinski definition) is 3. The summed E-state index contributed by atoms with van der Waals surface area (Å²) in [4.78, 5) is 0. The molecular weight excluding hydrogens is 566 g/mol. The molecule has 0 amide bonds. The smallest absolute Gasteiger partial charge is 0.424 e. The van der Waals surface area contributed by atoms with Crippen molar-refractivity contribution in [1.29, 1.82) is 0 Å². The maximum atomic E-state index is 15.4. The van der Waals surface area contributed by atoms with Crippen molar-refractivity contribution in [2.45, 2.75) is 108 Å². The Morgan fingerprint density at radius 1 is 0.816 bits per heavy atom. The molecule has 0 radical (unpaired) electrons. The zero-order valence-corrected chi connectivity index (χ0v) is 24.2. The molecule has 0 saturated carbocycles. The minimum Gasteiger partial charge on any atom is -0.424 e. The fraction of sp³-hybridized carbons (Fsp3) is 0.750. The van der Waals surface area contributed by atoms with Crippen LogP contribution in [0.25, 0.3) is 0 Å². The van der Waals surface area contributed by atoms with Crippen LogP contribution in [0.1, 0.15) is 51.2 Å². The first-order valence-corrected chi connectivity index (χ1v) is 17.2. The highest BCUT2D eigenvalue weighted by Gasteiger charge is 2.83. The lowest BCUT2D eigenvalue weighted by Gasteiger charge is -2.42. The molecule has 14 heteroatoms. The summed E-state index contributed by atoms with van der Waals surface area (Å²) >= 11 is 0. The Labute approximate surface area is 219 Å². The number of aryl methyl sites for hydroxylation is 2. The summed E-state index contributed by atoms with van der Waals surface area (Å²) in [5.41, 5.74) is 0.777. The van der Waals surface area contributed by atoms with E-state index in [2.05, 4.69) is 0 Å². The lowest BCUT2D eigenvalue weighted by atomic mass is 10.00. The van der Waals surface area contributed by atoms with Crippen LogP contribution < -0.4 is 4.52 Å². The fourth-order valence-corrected chi connectivity index (χ4v) is 12.0. The summed E-state index contributed by atoms with van der Waals surface area (Å²) in [5.74, 6) is -20.1. The third-order valence-electron chi connectivity index (χ3n) is 6.52. The van der Waals surface area contributed by atoms with Crippen LogP contribution in [-0.4, -0.2) is 44.8 Å². The molecule has 222 valence electrons. The van der Waals surface area contributed by atoms with E-state index in [9.17, 15) is 35.3 Å². The highest BCUT2D eigenvalue weighted by Crippen LogP contribution is 2.59. The topological polar surface area (TPSA) is 35.5 Å². The van der Waals surface area contributed by atoms with Gasteiger partial charge in [0.15, 0.2) is 0 Å². The quantitative estimate of drug-likeness (QED) is 0.114. The molecule has 0 aliphatic heterocycles. The van der Waals surface area contributed by atoms with Gasteiger partial charge in [0.25, 0.3) is 0 Å². The molecule has 0 aliphatic rings. The van der Waals surface area contributed by atoms with E-state index >= 15 is 8.78 Å². The van der Waals surface area contributed by atoms with Gasteiger partial charge in [-0.2, -0.15) is 39.5 Å². The lowest BCUT2D eigenvalue weighted by Crippen LogP contribution is -2.65. The zero-order chi connectivity index (χ0) is 29.8. The van der Waals surface area contributed by atoms with Crippen LogP contribution >= 0.6 is 7.60 Å². The zero-order valence-electron chi connectivity index (χ0n) is 22.3. The molecule has 3 nitrogen and oxygen atoms in total. The Balaban J connectivity index is 3.71. The average Bonchev–Trinajstić information content (AvgIpc) is 2.75. The SMILES string of the molecule is CCC[Si](CCC)(CCC)CC(OP(C)(=O)Oc1c(C)cccc1C)C(F)(F)C(F)(F)C(F)(F)C(F)(F)F. The van der Waals surface area contributed by atoms with Crippen LogP contribution in [-0.2, 0) is 9.09 Å². The van der Waals surface area contributed by atoms with Gasteiger partial charge in [0.05, 0.1) is 8.07 Å². The minimum atomic E-state index is -7.08. The summed E-state index contributed by atoms with van der Waals surface area (Å²) < 4.78 is 150. The van der Waals surface area contributed by atoms with Crippen molar-refractivity contribution in [1.82, 2.24) is 0 Å². The van der Waals surface area contributed by atoms with Crippen LogP contribution in [0.4, 0.5) is 39.5 Å². The molecule has 1 rings (SSSR count). The first-order chi connectivity index (χ1) is 17.1.